The summed E-state index contributed by atoms with van der Waals surface area (Å²) in [5.74, 6) is 0.215. The van der Waals surface area contributed by atoms with E-state index < -0.39 is 16.6 Å². The number of non-ortho nitro benzene ring substituents is 1. The average Bonchev–Trinajstić information content (AvgIpc) is 3.13. The maximum Gasteiger partial charge on any atom is 0.325 e. The van der Waals surface area contributed by atoms with Gasteiger partial charge in [0, 0.05) is 30.3 Å². The maximum absolute atomic E-state index is 12.4. The Kier molecular flexibility index (Phi) is 5.49. The van der Waals surface area contributed by atoms with Crippen molar-refractivity contribution in [3.8, 4) is 5.75 Å². The molecule has 0 fully saturated rings. The summed E-state index contributed by atoms with van der Waals surface area (Å²) in [6.45, 7) is 3.23. The number of carbonyl (C=O) groups excluding carboxylic acids is 2. The molecule has 10 nitrogen and oxygen atoms in total. The Hall–Kier alpha value is -3.99. The van der Waals surface area contributed by atoms with Crippen LogP contribution >= 0.6 is 11.3 Å². The normalized spacial score (nSPS) is 16.7. The fourth-order valence-electron chi connectivity index (χ4n) is 3.06. The van der Waals surface area contributed by atoms with E-state index in [-0.39, 0.29) is 18.3 Å². The third-order valence-electron chi connectivity index (χ3n) is 4.59. The number of nitrogens with one attached hydrogen (secondary N) is 2. The Bertz CT molecular complexity index is 1270. The van der Waals surface area contributed by atoms with Crippen LogP contribution in [0.5, 0.6) is 5.75 Å². The minimum atomic E-state index is -0.771. The molecule has 3 aromatic rings. The lowest BCUT2D eigenvalue weighted by Gasteiger charge is -2.31. The summed E-state index contributed by atoms with van der Waals surface area (Å²) >= 11 is 1.14. The number of hydrogen-bond donors (Lipinski definition) is 2. The smallest absolute Gasteiger partial charge is 0.325 e. The van der Waals surface area contributed by atoms with Crippen molar-refractivity contribution in [1.29, 1.82) is 0 Å². The summed E-state index contributed by atoms with van der Waals surface area (Å²) in [4.78, 5) is 38.2. The van der Waals surface area contributed by atoms with Crippen LogP contribution in [-0.2, 0) is 9.53 Å². The molecule has 0 aliphatic carbocycles. The quantitative estimate of drug-likeness (QED) is 0.328. The summed E-state index contributed by atoms with van der Waals surface area (Å²) in [6, 6.07) is 8.98. The molecule has 0 radical (unpaired) electrons. The van der Waals surface area contributed by atoms with Crippen LogP contribution in [0.1, 0.15) is 19.4 Å². The molecule has 2 heterocycles. The molecule has 4 rings (SSSR count). The number of nitrogens with zero attached hydrogens (tertiary/aromatic N) is 2. The zero-order valence-corrected chi connectivity index (χ0v) is 17.9. The molecule has 164 valence electrons. The maximum atomic E-state index is 12.4. The number of amides is 2. The third-order valence-corrected chi connectivity index (χ3v) is 5.53. The van der Waals surface area contributed by atoms with Gasteiger partial charge >= 0.3 is 12.0 Å². The lowest BCUT2D eigenvalue weighted by atomic mass is 10.0. The molecule has 1 aliphatic rings. The topological polar surface area (TPSA) is 133 Å². The minimum Gasteiger partial charge on any atom is -0.479 e. The van der Waals surface area contributed by atoms with Crippen LogP contribution in [-0.4, -0.2) is 34.1 Å². The van der Waals surface area contributed by atoms with E-state index >= 15 is 0 Å². The summed E-state index contributed by atoms with van der Waals surface area (Å²) in [7, 11) is 0. The van der Waals surface area contributed by atoms with Crippen molar-refractivity contribution in [2.45, 2.75) is 19.4 Å². The van der Waals surface area contributed by atoms with Gasteiger partial charge in [0.1, 0.15) is 12.4 Å². The molecule has 0 spiro atoms. The molecule has 1 aromatic heterocycles. The van der Waals surface area contributed by atoms with E-state index in [9.17, 15) is 19.7 Å². The number of carbonyl (C=O) groups is 2. The van der Waals surface area contributed by atoms with Gasteiger partial charge in [0.15, 0.2) is 10.7 Å². The van der Waals surface area contributed by atoms with E-state index in [1.807, 2.05) is 13.0 Å². The number of rotatable bonds is 5. The molecule has 32 heavy (non-hydrogen) atoms. The van der Waals surface area contributed by atoms with E-state index in [1.165, 1.54) is 25.1 Å². The highest BCUT2D eigenvalue weighted by atomic mass is 32.1. The van der Waals surface area contributed by atoms with Gasteiger partial charge in [-0.25, -0.2) is 9.78 Å². The first-order valence-corrected chi connectivity index (χ1v) is 10.3. The first-order valence-electron chi connectivity index (χ1n) is 9.49. The van der Waals surface area contributed by atoms with Crippen LogP contribution in [0, 0.1) is 10.1 Å². The Morgan fingerprint density at radius 1 is 1.25 bits per heavy atom. The van der Waals surface area contributed by atoms with Crippen LogP contribution in [0.3, 0.4) is 0 Å². The van der Waals surface area contributed by atoms with Gasteiger partial charge in [-0.1, -0.05) is 17.4 Å². The van der Waals surface area contributed by atoms with Gasteiger partial charge in [0.25, 0.3) is 5.69 Å². The van der Waals surface area contributed by atoms with Crippen molar-refractivity contribution >= 4 is 56.1 Å². The average molecular weight is 454 g/mol. The first-order chi connectivity index (χ1) is 15.2. The lowest BCUT2D eigenvalue weighted by Crippen LogP contribution is -2.37. The monoisotopic (exact) mass is 454 g/mol. The molecule has 0 saturated heterocycles. The van der Waals surface area contributed by atoms with Crippen molar-refractivity contribution in [2.75, 3.05) is 17.2 Å². The van der Waals surface area contributed by atoms with Crippen LogP contribution in [0.25, 0.3) is 16.3 Å². The number of hydrogen-bond acceptors (Lipinski definition) is 8. The lowest BCUT2D eigenvalue weighted by molar-refractivity contribution is -0.384. The minimum absolute atomic E-state index is 0.0366. The van der Waals surface area contributed by atoms with Crippen molar-refractivity contribution < 1.29 is 24.0 Å². The highest BCUT2D eigenvalue weighted by molar-refractivity contribution is 7.22. The molecule has 11 heteroatoms. The van der Waals surface area contributed by atoms with Crippen LogP contribution in [0.4, 0.5) is 21.3 Å². The molecule has 2 N–H and O–H groups in total. The number of anilines is 2. The fraction of sp³-hybridized carbons (Fsp3) is 0.190. The predicted octanol–water partition coefficient (Wildman–Crippen LogP) is 4.58. The second kappa shape index (κ2) is 8.27. The number of nitro benzene ring substituents is 1. The molecule has 1 unspecified atom stereocenters. The molecular formula is C21H18N4O6S. The molecule has 1 atom stereocenters. The molecule has 0 bridgehead atoms. The van der Waals surface area contributed by atoms with Crippen molar-refractivity contribution in [2.24, 2.45) is 0 Å². The van der Waals surface area contributed by atoms with Crippen molar-refractivity contribution in [3.63, 3.8) is 0 Å². The molecule has 1 aliphatic heterocycles. The second-order valence-electron chi connectivity index (χ2n) is 7.29. The number of esters is 1. The van der Waals surface area contributed by atoms with Gasteiger partial charge in [0.05, 0.1) is 15.1 Å². The number of benzene rings is 2. The number of fused-ring (bicyclic) bond motifs is 2. The molecule has 2 amide bonds. The van der Waals surface area contributed by atoms with Gasteiger partial charge < -0.3 is 14.8 Å². The van der Waals surface area contributed by atoms with Crippen LogP contribution < -0.4 is 15.4 Å². The second-order valence-corrected chi connectivity index (χ2v) is 8.32. The van der Waals surface area contributed by atoms with Gasteiger partial charge in [-0.05, 0) is 37.3 Å². The number of thiazole rings is 1. The summed E-state index contributed by atoms with van der Waals surface area (Å²) < 4.78 is 11.6. The van der Waals surface area contributed by atoms with Gasteiger partial charge in [-0.15, -0.1) is 0 Å². The summed E-state index contributed by atoms with van der Waals surface area (Å²) in [5.41, 5.74) is 1.05. The number of ether oxygens (including phenoxy) is 2. The number of urea groups is 1. The van der Waals surface area contributed by atoms with Crippen molar-refractivity contribution in [3.05, 3.63) is 58.2 Å². The Morgan fingerprint density at radius 2 is 2.06 bits per heavy atom. The highest BCUT2D eigenvalue weighted by Crippen LogP contribution is 2.33. The largest absolute Gasteiger partial charge is 0.479 e. The SMILES string of the molecule is CC(=O)OCC1(C)C=Cc2cc(NC(=O)Nc3nc4ccc([N+](=O)[O-])cc4s3)ccc2O1. The Labute approximate surface area is 186 Å². The van der Waals surface area contributed by atoms with Gasteiger partial charge in [-0.3, -0.25) is 20.2 Å². The van der Waals surface area contributed by atoms with Crippen LogP contribution in [0.15, 0.2) is 42.5 Å². The third kappa shape index (κ3) is 4.67. The molecule has 2 aromatic carbocycles. The standard InChI is InChI=1S/C21H18N4O6S/c1-12(26)30-11-21(2)8-7-13-9-14(3-6-17(13)31-21)22-19(27)24-20-23-16-5-4-15(25(28)29)10-18(16)32-20/h3-10H,11H2,1-2H3,(H2,22,23,24,27). The van der Waals surface area contributed by atoms with E-state index in [2.05, 4.69) is 15.6 Å². The van der Waals surface area contributed by atoms with Crippen LogP contribution in [0.2, 0.25) is 0 Å². The van der Waals surface area contributed by atoms with Gasteiger partial charge in [0.2, 0.25) is 0 Å². The zero-order chi connectivity index (χ0) is 22.9. The Morgan fingerprint density at radius 3 is 2.81 bits per heavy atom. The molecule has 0 saturated carbocycles. The number of aromatic nitrogens is 1. The first kappa shape index (κ1) is 21.2. The van der Waals surface area contributed by atoms with E-state index in [0.717, 1.165) is 16.9 Å². The summed E-state index contributed by atoms with van der Waals surface area (Å²) in [5, 5.41) is 16.6. The highest BCUT2D eigenvalue weighted by Gasteiger charge is 2.29. The zero-order valence-electron chi connectivity index (χ0n) is 17.1. The van der Waals surface area contributed by atoms with Crippen molar-refractivity contribution in [1.82, 2.24) is 4.98 Å². The van der Waals surface area contributed by atoms with E-state index in [4.69, 9.17) is 9.47 Å². The number of nitro groups is 1. The fourth-order valence-corrected chi connectivity index (χ4v) is 3.96. The van der Waals surface area contributed by atoms with Gasteiger partial charge in [-0.2, -0.15) is 0 Å². The molecular weight excluding hydrogens is 436 g/mol. The summed E-state index contributed by atoms with van der Waals surface area (Å²) in [6.07, 6.45) is 3.63. The predicted molar refractivity (Wildman–Crippen MR) is 120 cm³/mol. The van der Waals surface area contributed by atoms with E-state index in [1.54, 1.807) is 24.3 Å². The van der Waals surface area contributed by atoms with E-state index in [0.29, 0.717) is 26.8 Å². The Balaban J connectivity index is 1.42.